The highest BCUT2D eigenvalue weighted by Crippen LogP contribution is 2.43. The van der Waals surface area contributed by atoms with Gasteiger partial charge in [0.25, 0.3) is 5.69 Å². The number of hydrogen-bond acceptors (Lipinski definition) is 4. The largest absolute Gasteiger partial charge is 0.292 e. The third kappa shape index (κ3) is 2.43. The highest BCUT2D eigenvalue weighted by molar-refractivity contribution is 6.02. The maximum Gasteiger partial charge on any atom is 0.269 e. The minimum absolute atomic E-state index is 0.0506. The van der Waals surface area contributed by atoms with Gasteiger partial charge < -0.3 is 0 Å². The lowest BCUT2D eigenvalue weighted by molar-refractivity contribution is -0.384. The average Bonchev–Trinajstić information content (AvgIpc) is 3.18. The Morgan fingerprint density at radius 1 is 1.14 bits per heavy atom. The van der Waals surface area contributed by atoms with Crippen LogP contribution in [0.1, 0.15) is 22.0 Å². The van der Waals surface area contributed by atoms with E-state index in [1.165, 1.54) is 6.07 Å². The molecule has 1 fully saturated rings. The molecule has 106 valence electrons. The Balaban J connectivity index is 1.84. The molecule has 0 amide bonds. The van der Waals surface area contributed by atoms with Gasteiger partial charge in [-0.15, -0.1) is 0 Å². The SMILES string of the molecule is CN1[C@@H](C(=O)c2ccccc2)[C@@H]1c1cccc([N+](=O)[O-])c1. The van der Waals surface area contributed by atoms with Crippen molar-refractivity contribution in [1.82, 2.24) is 4.90 Å². The van der Waals surface area contributed by atoms with Crippen LogP contribution in [0.25, 0.3) is 0 Å². The van der Waals surface area contributed by atoms with Crippen LogP contribution in [0.4, 0.5) is 5.69 Å². The summed E-state index contributed by atoms with van der Waals surface area (Å²) in [5.41, 5.74) is 1.53. The van der Waals surface area contributed by atoms with Gasteiger partial charge in [0.05, 0.1) is 17.0 Å². The summed E-state index contributed by atoms with van der Waals surface area (Å²) in [6.45, 7) is 0. The van der Waals surface area contributed by atoms with Crippen LogP contribution < -0.4 is 0 Å². The van der Waals surface area contributed by atoms with Crippen LogP contribution in [0.5, 0.6) is 0 Å². The molecular formula is C16H14N2O3. The van der Waals surface area contributed by atoms with E-state index >= 15 is 0 Å². The molecule has 2 aromatic rings. The topological polar surface area (TPSA) is 63.2 Å². The Kier molecular flexibility index (Phi) is 3.27. The van der Waals surface area contributed by atoms with Crippen molar-refractivity contribution in [3.05, 3.63) is 75.8 Å². The molecule has 0 aromatic heterocycles. The van der Waals surface area contributed by atoms with Gasteiger partial charge in [-0.3, -0.25) is 19.8 Å². The molecule has 3 rings (SSSR count). The maximum atomic E-state index is 12.4. The minimum Gasteiger partial charge on any atom is -0.292 e. The number of ketones is 1. The van der Waals surface area contributed by atoms with Crippen LogP contribution in [-0.2, 0) is 0 Å². The molecule has 1 saturated heterocycles. The van der Waals surface area contributed by atoms with Gasteiger partial charge in [-0.1, -0.05) is 42.5 Å². The number of carbonyl (C=O) groups excluding carboxylic acids is 1. The molecule has 0 radical (unpaired) electrons. The summed E-state index contributed by atoms with van der Waals surface area (Å²) in [5.74, 6) is 0.0506. The molecule has 0 N–H and O–H groups in total. The summed E-state index contributed by atoms with van der Waals surface area (Å²) in [7, 11) is 1.86. The van der Waals surface area contributed by atoms with Crippen molar-refractivity contribution >= 4 is 11.5 Å². The summed E-state index contributed by atoms with van der Waals surface area (Å²) < 4.78 is 0. The first-order valence-electron chi connectivity index (χ1n) is 6.65. The highest BCUT2D eigenvalue weighted by atomic mass is 16.6. The number of benzene rings is 2. The van der Waals surface area contributed by atoms with Crippen LogP contribution in [-0.4, -0.2) is 28.7 Å². The molecule has 1 unspecified atom stereocenters. The first kappa shape index (κ1) is 13.5. The smallest absolute Gasteiger partial charge is 0.269 e. The summed E-state index contributed by atoms with van der Waals surface area (Å²) in [6, 6.07) is 15.3. The number of likely N-dealkylation sites (N-methyl/N-ethyl adjacent to an activating group) is 1. The number of carbonyl (C=O) groups is 1. The summed E-state index contributed by atoms with van der Waals surface area (Å²) in [6.07, 6.45) is 0. The van der Waals surface area contributed by atoms with Gasteiger partial charge in [0.15, 0.2) is 5.78 Å². The average molecular weight is 282 g/mol. The lowest BCUT2D eigenvalue weighted by atomic mass is 10.0. The molecule has 0 spiro atoms. The fourth-order valence-corrected chi connectivity index (χ4v) is 2.68. The molecule has 1 aliphatic heterocycles. The number of nitrogens with zero attached hydrogens (tertiary/aromatic N) is 2. The number of non-ortho nitro benzene ring substituents is 1. The van der Waals surface area contributed by atoms with Gasteiger partial charge >= 0.3 is 0 Å². The molecule has 5 nitrogen and oxygen atoms in total. The molecule has 0 saturated carbocycles. The van der Waals surface area contributed by atoms with Crippen molar-refractivity contribution in [2.75, 3.05) is 7.05 Å². The monoisotopic (exact) mass is 282 g/mol. The molecule has 5 heteroatoms. The maximum absolute atomic E-state index is 12.4. The van der Waals surface area contributed by atoms with Gasteiger partial charge in [0.2, 0.25) is 0 Å². The van der Waals surface area contributed by atoms with Gasteiger partial charge in [-0.05, 0) is 12.6 Å². The summed E-state index contributed by atoms with van der Waals surface area (Å²) in [4.78, 5) is 24.8. The zero-order chi connectivity index (χ0) is 15.0. The van der Waals surface area contributed by atoms with E-state index in [2.05, 4.69) is 0 Å². The standard InChI is InChI=1S/C16H14N2O3/c1-17-14(12-8-5-9-13(10-12)18(20)21)15(17)16(19)11-6-3-2-4-7-11/h2-10,14-15H,1H3/t14-,15+,17?/m0/s1. The lowest BCUT2D eigenvalue weighted by Gasteiger charge is -1.99. The number of hydrogen-bond donors (Lipinski definition) is 0. The molecule has 3 atom stereocenters. The predicted octanol–water partition coefficient (Wildman–Crippen LogP) is 2.83. The third-order valence-electron chi connectivity index (χ3n) is 3.84. The second kappa shape index (κ2) is 5.10. The Morgan fingerprint density at radius 2 is 1.86 bits per heavy atom. The molecular weight excluding hydrogens is 268 g/mol. The van der Waals surface area contributed by atoms with E-state index in [9.17, 15) is 14.9 Å². The van der Waals surface area contributed by atoms with Crippen LogP contribution in [0, 0.1) is 10.1 Å². The number of rotatable bonds is 4. The van der Waals surface area contributed by atoms with Gasteiger partial charge in [-0.2, -0.15) is 0 Å². The zero-order valence-corrected chi connectivity index (χ0v) is 11.5. The third-order valence-corrected chi connectivity index (χ3v) is 3.84. The van der Waals surface area contributed by atoms with Crippen molar-refractivity contribution in [2.24, 2.45) is 0 Å². The molecule has 2 aromatic carbocycles. The summed E-state index contributed by atoms with van der Waals surface area (Å²) >= 11 is 0. The van der Waals surface area contributed by atoms with Crippen LogP contribution in [0.15, 0.2) is 54.6 Å². The molecule has 21 heavy (non-hydrogen) atoms. The second-order valence-electron chi connectivity index (χ2n) is 5.14. The molecule has 1 heterocycles. The van der Waals surface area contributed by atoms with E-state index in [4.69, 9.17) is 0 Å². The Hall–Kier alpha value is -2.53. The molecule has 0 aliphatic carbocycles. The fraction of sp³-hybridized carbons (Fsp3) is 0.188. The Labute approximate surface area is 122 Å². The number of nitro benzene ring substituents is 1. The van der Waals surface area contributed by atoms with Crippen LogP contribution in [0.2, 0.25) is 0 Å². The second-order valence-corrected chi connectivity index (χ2v) is 5.14. The normalized spacial score (nSPS) is 23.6. The van der Waals surface area contributed by atoms with Crippen molar-refractivity contribution < 1.29 is 9.72 Å². The van der Waals surface area contributed by atoms with E-state index in [-0.39, 0.29) is 23.6 Å². The number of nitro groups is 1. The van der Waals surface area contributed by atoms with Gasteiger partial charge in [0.1, 0.15) is 0 Å². The summed E-state index contributed by atoms with van der Waals surface area (Å²) in [5, 5.41) is 10.8. The highest BCUT2D eigenvalue weighted by Gasteiger charge is 2.50. The molecule has 1 aliphatic rings. The van der Waals surface area contributed by atoms with Crippen molar-refractivity contribution in [3.8, 4) is 0 Å². The van der Waals surface area contributed by atoms with E-state index in [1.807, 2.05) is 36.2 Å². The predicted molar refractivity (Wildman–Crippen MR) is 78.2 cm³/mol. The van der Waals surface area contributed by atoms with Crippen LogP contribution >= 0.6 is 0 Å². The van der Waals surface area contributed by atoms with E-state index in [1.54, 1.807) is 24.3 Å². The van der Waals surface area contributed by atoms with Crippen molar-refractivity contribution in [1.29, 1.82) is 0 Å². The quantitative estimate of drug-likeness (QED) is 0.374. The minimum atomic E-state index is -0.417. The van der Waals surface area contributed by atoms with Crippen molar-refractivity contribution in [2.45, 2.75) is 12.1 Å². The zero-order valence-electron chi connectivity index (χ0n) is 11.5. The molecule has 0 bridgehead atoms. The van der Waals surface area contributed by atoms with E-state index in [0.717, 1.165) is 5.56 Å². The lowest BCUT2D eigenvalue weighted by Crippen LogP contribution is -2.11. The number of Topliss-reactive ketones (excluding diaryl/α,β-unsaturated/α-hetero) is 1. The fourth-order valence-electron chi connectivity index (χ4n) is 2.68. The van der Waals surface area contributed by atoms with Crippen LogP contribution in [0.3, 0.4) is 0 Å². The first-order chi connectivity index (χ1) is 10.1. The Morgan fingerprint density at radius 3 is 2.52 bits per heavy atom. The van der Waals surface area contributed by atoms with E-state index < -0.39 is 4.92 Å². The Bertz CT molecular complexity index is 700. The van der Waals surface area contributed by atoms with E-state index in [0.29, 0.717) is 5.56 Å². The van der Waals surface area contributed by atoms with Gasteiger partial charge in [-0.25, -0.2) is 0 Å². The van der Waals surface area contributed by atoms with Crippen molar-refractivity contribution in [3.63, 3.8) is 0 Å². The first-order valence-corrected chi connectivity index (χ1v) is 6.65. The van der Waals surface area contributed by atoms with Gasteiger partial charge in [0, 0.05) is 17.7 Å².